The summed E-state index contributed by atoms with van der Waals surface area (Å²) in [6.07, 6.45) is 1.16. The zero-order valence-electron chi connectivity index (χ0n) is 12.4. The second-order valence-corrected chi connectivity index (χ2v) is 6.34. The smallest absolute Gasteiger partial charge is 0.0639 e. The Morgan fingerprint density at radius 3 is 2.79 bits per heavy atom. The minimum atomic E-state index is 0.516. The normalized spacial score (nSPS) is 24.0. The van der Waals surface area contributed by atoms with Crippen molar-refractivity contribution in [1.29, 1.82) is 0 Å². The van der Waals surface area contributed by atoms with Gasteiger partial charge in [0.25, 0.3) is 0 Å². The highest BCUT2D eigenvalue weighted by atomic mass is 35.5. The van der Waals surface area contributed by atoms with E-state index in [4.69, 9.17) is 11.6 Å². The van der Waals surface area contributed by atoms with E-state index in [2.05, 4.69) is 50.0 Å². The molecule has 1 N–H and O–H groups in total. The van der Waals surface area contributed by atoms with Crippen LogP contribution >= 0.6 is 11.6 Å². The third-order valence-corrected chi connectivity index (χ3v) is 4.43. The number of aryl methyl sites for hydroxylation is 1. The number of piperazine rings is 1. The van der Waals surface area contributed by atoms with Crippen LogP contribution in [0.25, 0.3) is 0 Å². The summed E-state index contributed by atoms with van der Waals surface area (Å²) in [5.41, 5.74) is 2.47. The van der Waals surface area contributed by atoms with Crippen LogP contribution in [0.15, 0.2) is 18.2 Å². The molecule has 2 atom stereocenters. The van der Waals surface area contributed by atoms with E-state index in [-0.39, 0.29) is 0 Å². The Morgan fingerprint density at radius 2 is 2.16 bits per heavy atom. The maximum Gasteiger partial charge on any atom is 0.0639 e. The van der Waals surface area contributed by atoms with Gasteiger partial charge in [-0.3, -0.25) is 0 Å². The van der Waals surface area contributed by atoms with Gasteiger partial charge in [0.1, 0.15) is 0 Å². The van der Waals surface area contributed by atoms with E-state index in [9.17, 15) is 0 Å². The van der Waals surface area contributed by atoms with Gasteiger partial charge in [-0.2, -0.15) is 0 Å². The third kappa shape index (κ3) is 3.24. The zero-order valence-corrected chi connectivity index (χ0v) is 13.2. The summed E-state index contributed by atoms with van der Waals surface area (Å²) in [5.74, 6) is 0.613. The third-order valence-electron chi connectivity index (χ3n) is 4.11. The first-order chi connectivity index (χ1) is 9.02. The van der Waals surface area contributed by atoms with Crippen molar-refractivity contribution in [2.75, 3.05) is 18.0 Å². The van der Waals surface area contributed by atoms with Crippen molar-refractivity contribution in [3.05, 3.63) is 28.8 Å². The maximum absolute atomic E-state index is 6.43. The van der Waals surface area contributed by atoms with Gasteiger partial charge in [0, 0.05) is 25.2 Å². The second kappa shape index (κ2) is 6.15. The molecule has 0 saturated carbocycles. The lowest BCUT2D eigenvalue weighted by Crippen LogP contribution is -2.58. The van der Waals surface area contributed by atoms with E-state index in [1.54, 1.807) is 0 Å². The Labute approximate surface area is 122 Å². The average Bonchev–Trinajstić information content (AvgIpc) is 2.40. The molecule has 0 bridgehead atoms. The lowest BCUT2D eigenvalue weighted by atomic mass is 9.96. The first kappa shape index (κ1) is 14.7. The van der Waals surface area contributed by atoms with Crippen molar-refractivity contribution in [3.8, 4) is 0 Å². The summed E-state index contributed by atoms with van der Waals surface area (Å²) >= 11 is 6.43. The average molecular weight is 281 g/mol. The van der Waals surface area contributed by atoms with Crippen LogP contribution in [-0.4, -0.2) is 25.2 Å². The lowest BCUT2D eigenvalue weighted by molar-refractivity contribution is 0.333. The fraction of sp³-hybridized carbons (Fsp3) is 0.625. The van der Waals surface area contributed by atoms with Crippen LogP contribution in [0, 0.1) is 12.8 Å². The molecular weight excluding hydrogens is 256 g/mol. The molecule has 1 aliphatic heterocycles. The van der Waals surface area contributed by atoms with Crippen LogP contribution < -0.4 is 10.2 Å². The summed E-state index contributed by atoms with van der Waals surface area (Å²) in [6.45, 7) is 11.0. The molecule has 1 fully saturated rings. The summed E-state index contributed by atoms with van der Waals surface area (Å²) in [6, 6.07) is 7.40. The van der Waals surface area contributed by atoms with Gasteiger partial charge in [0.15, 0.2) is 0 Å². The van der Waals surface area contributed by atoms with Crippen molar-refractivity contribution in [2.24, 2.45) is 5.92 Å². The predicted molar refractivity (Wildman–Crippen MR) is 84.2 cm³/mol. The molecule has 0 aliphatic carbocycles. The van der Waals surface area contributed by atoms with Gasteiger partial charge in [-0.15, -0.1) is 0 Å². The van der Waals surface area contributed by atoms with Crippen LogP contribution in [0.1, 0.15) is 32.8 Å². The van der Waals surface area contributed by atoms with Crippen LogP contribution in [0.2, 0.25) is 5.02 Å². The van der Waals surface area contributed by atoms with Crippen molar-refractivity contribution in [2.45, 2.75) is 46.2 Å². The van der Waals surface area contributed by atoms with E-state index in [1.165, 1.54) is 11.3 Å². The van der Waals surface area contributed by atoms with Gasteiger partial charge in [0.2, 0.25) is 0 Å². The van der Waals surface area contributed by atoms with Crippen molar-refractivity contribution in [1.82, 2.24) is 5.32 Å². The number of nitrogens with one attached hydrogen (secondary N) is 1. The van der Waals surface area contributed by atoms with Gasteiger partial charge in [-0.1, -0.05) is 38.4 Å². The van der Waals surface area contributed by atoms with E-state index >= 15 is 0 Å². The van der Waals surface area contributed by atoms with Crippen LogP contribution in [-0.2, 0) is 0 Å². The zero-order chi connectivity index (χ0) is 14.0. The molecular formula is C16H25ClN2. The molecule has 2 nitrogen and oxygen atoms in total. The molecule has 19 heavy (non-hydrogen) atoms. The molecule has 3 heteroatoms. The highest BCUT2D eigenvalue weighted by molar-refractivity contribution is 6.33. The molecule has 0 amide bonds. The number of hydrogen-bond donors (Lipinski definition) is 1. The number of halogens is 1. The fourth-order valence-electron chi connectivity index (χ4n) is 2.82. The molecule has 1 aliphatic rings. The van der Waals surface area contributed by atoms with Crippen molar-refractivity contribution < 1.29 is 0 Å². The number of nitrogens with zero attached hydrogens (tertiary/aromatic N) is 1. The van der Waals surface area contributed by atoms with Gasteiger partial charge in [0.05, 0.1) is 10.7 Å². The maximum atomic E-state index is 6.43. The fourth-order valence-corrected chi connectivity index (χ4v) is 3.05. The first-order valence-electron chi connectivity index (χ1n) is 7.29. The molecule has 1 saturated heterocycles. The molecule has 1 aromatic carbocycles. The SMILES string of the molecule is CCC1CN(c2cc(C)ccc2Cl)C(C(C)C)CN1. The minimum absolute atomic E-state index is 0.516. The van der Waals surface area contributed by atoms with Gasteiger partial charge in [-0.05, 0) is 37.0 Å². The Bertz CT molecular complexity index is 431. The molecule has 0 radical (unpaired) electrons. The quantitative estimate of drug-likeness (QED) is 0.904. The number of rotatable bonds is 3. The molecule has 2 unspecified atom stereocenters. The van der Waals surface area contributed by atoms with E-state index in [0.717, 1.165) is 24.5 Å². The molecule has 0 aromatic heterocycles. The van der Waals surface area contributed by atoms with Gasteiger partial charge in [-0.25, -0.2) is 0 Å². The minimum Gasteiger partial charge on any atom is -0.364 e. The summed E-state index contributed by atoms with van der Waals surface area (Å²) in [4.78, 5) is 2.50. The van der Waals surface area contributed by atoms with Gasteiger partial charge >= 0.3 is 0 Å². The molecule has 106 valence electrons. The lowest BCUT2D eigenvalue weighted by Gasteiger charge is -2.44. The summed E-state index contributed by atoms with van der Waals surface area (Å²) in [5, 5.41) is 4.52. The Morgan fingerprint density at radius 1 is 1.42 bits per heavy atom. The van der Waals surface area contributed by atoms with E-state index in [1.807, 2.05) is 6.07 Å². The molecule has 2 rings (SSSR count). The highest BCUT2D eigenvalue weighted by Crippen LogP contribution is 2.31. The monoisotopic (exact) mass is 280 g/mol. The Kier molecular flexibility index (Phi) is 4.75. The number of anilines is 1. The topological polar surface area (TPSA) is 15.3 Å². The highest BCUT2D eigenvalue weighted by Gasteiger charge is 2.30. The number of benzene rings is 1. The van der Waals surface area contributed by atoms with Gasteiger partial charge < -0.3 is 10.2 Å². The van der Waals surface area contributed by atoms with E-state index < -0.39 is 0 Å². The summed E-state index contributed by atoms with van der Waals surface area (Å²) in [7, 11) is 0. The van der Waals surface area contributed by atoms with Crippen LogP contribution in [0.4, 0.5) is 5.69 Å². The summed E-state index contributed by atoms with van der Waals surface area (Å²) < 4.78 is 0. The van der Waals surface area contributed by atoms with Crippen molar-refractivity contribution >= 4 is 17.3 Å². The molecule has 0 spiro atoms. The molecule has 1 aromatic rings. The Hall–Kier alpha value is -0.730. The van der Waals surface area contributed by atoms with E-state index in [0.29, 0.717) is 18.0 Å². The standard InChI is InChI=1S/C16H25ClN2/c1-5-13-10-19(16(9-18-13)11(2)3)15-8-12(4)6-7-14(15)17/h6-8,11,13,16,18H,5,9-10H2,1-4H3. The first-order valence-corrected chi connectivity index (χ1v) is 7.67. The second-order valence-electron chi connectivity index (χ2n) is 5.93. The van der Waals surface area contributed by atoms with Crippen molar-refractivity contribution in [3.63, 3.8) is 0 Å². The van der Waals surface area contributed by atoms with Crippen LogP contribution in [0.3, 0.4) is 0 Å². The number of hydrogen-bond acceptors (Lipinski definition) is 2. The Balaban J connectivity index is 2.33. The van der Waals surface area contributed by atoms with Crippen LogP contribution in [0.5, 0.6) is 0 Å². The largest absolute Gasteiger partial charge is 0.364 e. The molecule has 1 heterocycles. The predicted octanol–water partition coefficient (Wildman–Crippen LogP) is 3.86.